The molecule has 8 nitrogen and oxygen atoms in total. The van der Waals surface area contributed by atoms with E-state index in [1.54, 1.807) is 0 Å². The fraction of sp³-hybridized carbons (Fsp3) is 0.579. The molecule has 1 aromatic carbocycles. The summed E-state index contributed by atoms with van der Waals surface area (Å²) in [6.07, 6.45) is 2.33. The standard InChI is InChI=1S/C19H31N5O3S/c1-4-20-19(21-11-8-12-24(5-2)28(3,26)27)22-14-15-13-18(25)23-17-10-7-6-9-16(15)17/h6-7,9-10,15H,4-5,8,11-14H2,1-3H3,(H,23,25)(H2,20,21,22). The van der Waals surface area contributed by atoms with E-state index >= 15 is 0 Å². The summed E-state index contributed by atoms with van der Waals surface area (Å²) >= 11 is 0. The lowest BCUT2D eigenvalue weighted by Gasteiger charge is -2.24. The largest absolute Gasteiger partial charge is 0.357 e. The van der Waals surface area contributed by atoms with Crippen LogP contribution in [-0.4, -0.2) is 63.6 Å². The number of para-hydroxylation sites is 1. The van der Waals surface area contributed by atoms with Crippen molar-refractivity contribution in [2.45, 2.75) is 32.6 Å². The highest BCUT2D eigenvalue weighted by atomic mass is 32.2. The van der Waals surface area contributed by atoms with E-state index in [1.807, 2.05) is 38.1 Å². The molecule has 1 heterocycles. The molecule has 1 atom stereocenters. The summed E-state index contributed by atoms with van der Waals surface area (Å²) in [7, 11) is -3.16. The summed E-state index contributed by atoms with van der Waals surface area (Å²) in [6, 6.07) is 7.82. The molecule has 0 aliphatic carbocycles. The molecule has 9 heteroatoms. The SMILES string of the molecule is CCNC(=NCC1CC(=O)Nc2ccccc21)NCCCN(CC)S(C)(=O)=O. The number of guanidine groups is 1. The highest BCUT2D eigenvalue weighted by molar-refractivity contribution is 7.88. The molecule has 2 rings (SSSR count). The number of fused-ring (bicyclic) bond motifs is 1. The van der Waals surface area contributed by atoms with Gasteiger partial charge in [0.25, 0.3) is 0 Å². The van der Waals surface area contributed by atoms with Crippen LogP contribution in [-0.2, 0) is 14.8 Å². The highest BCUT2D eigenvalue weighted by Crippen LogP contribution is 2.31. The molecule has 0 aromatic heterocycles. The molecule has 3 N–H and O–H groups in total. The second kappa shape index (κ2) is 10.4. The first-order valence-corrected chi connectivity index (χ1v) is 11.6. The summed E-state index contributed by atoms with van der Waals surface area (Å²) in [5, 5.41) is 9.34. The van der Waals surface area contributed by atoms with Crippen LogP contribution in [0.4, 0.5) is 5.69 Å². The number of anilines is 1. The van der Waals surface area contributed by atoms with E-state index in [4.69, 9.17) is 0 Å². The highest BCUT2D eigenvalue weighted by Gasteiger charge is 2.24. The Kier molecular flexibility index (Phi) is 8.25. The van der Waals surface area contributed by atoms with Gasteiger partial charge in [0, 0.05) is 44.2 Å². The van der Waals surface area contributed by atoms with E-state index in [0.29, 0.717) is 45.0 Å². The number of sulfonamides is 1. The third kappa shape index (κ3) is 6.49. The molecule has 28 heavy (non-hydrogen) atoms. The zero-order valence-corrected chi connectivity index (χ0v) is 17.7. The molecule has 1 aromatic rings. The predicted octanol–water partition coefficient (Wildman–Crippen LogP) is 1.34. The van der Waals surface area contributed by atoms with Crippen molar-refractivity contribution < 1.29 is 13.2 Å². The van der Waals surface area contributed by atoms with Crippen LogP contribution in [0.1, 0.15) is 38.2 Å². The molecule has 1 aliphatic heterocycles. The number of nitrogens with one attached hydrogen (secondary N) is 3. The number of nitrogens with zero attached hydrogens (tertiary/aromatic N) is 2. The molecule has 1 unspecified atom stereocenters. The summed E-state index contributed by atoms with van der Waals surface area (Å²) in [6.45, 7) is 6.59. The molecule has 0 saturated carbocycles. The van der Waals surface area contributed by atoms with E-state index in [1.165, 1.54) is 10.6 Å². The van der Waals surface area contributed by atoms with Crippen molar-refractivity contribution in [3.63, 3.8) is 0 Å². The van der Waals surface area contributed by atoms with Crippen LogP contribution in [0.2, 0.25) is 0 Å². The topological polar surface area (TPSA) is 103 Å². The molecule has 0 saturated heterocycles. The van der Waals surface area contributed by atoms with Crippen molar-refractivity contribution in [2.75, 3.05) is 44.3 Å². The number of rotatable bonds is 9. The average Bonchev–Trinajstić information content (AvgIpc) is 2.64. The minimum Gasteiger partial charge on any atom is -0.357 e. The number of amides is 1. The minimum atomic E-state index is -3.16. The molecular formula is C19H31N5O3S. The van der Waals surface area contributed by atoms with Gasteiger partial charge in [0.05, 0.1) is 12.8 Å². The van der Waals surface area contributed by atoms with Crippen LogP contribution in [0.5, 0.6) is 0 Å². The van der Waals surface area contributed by atoms with Crippen molar-refractivity contribution in [3.8, 4) is 0 Å². The molecule has 0 spiro atoms. The van der Waals surface area contributed by atoms with E-state index in [2.05, 4.69) is 20.9 Å². The van der Waals surface area contributed by atoms with Gasteiger partial charge < -0.3 is 16.0 Å². The maximum atomic E-state index is 11.9. The lowest BCUT2D eigenvalue weighted by molar-refractivity contribution is -0.116. The predicted molar refractivity (Wildman–Crippen MR) is 113 cm³/mol. The fourth-order valence-electron chi connectivity index (χ4n) is 3.23. The maximum Gasteiger partial charge on any atom is 0.225 e. The van der Waals surface area contributed by atoms with Crippen LogP contribution >= 0.6 is 0 Å². The van der Waals surface area contributed by atoms with Crippen LogP contribution in [0.15, 0.2) is 29.3 Å². The first-order chi connectivity index (χ1) is 13.3. The Balaban J connectivity index is 1.93. The Morgan fingerprint density at radius 2 is 2.04 bits per heavy atom. The number of carbonyl (C=O) groups excluding carboxylic acids is 1. The van der Waals surface area contributed by atoms with Gasteiger partial charge in [0.2, 0.25) is 15.9 Å². The van der Waals surface area contributed by atoms with Crippen LogP contribution in [0.3, 0.4) is 0 Å². The summed E-state index contributed by atoms with van der Waals surface area (Å²) in [5.41, 5.74) is 1.96. The average molecular weight is 410 g/mol. The quantitative estimate of drug-likeness (QED) is 0.324. The first kappa shape index (κ1) is 22.2. The van der Waals surface area contributed by atoms with Gasteiger partial charge >= 0.3 is 0 Å². The van der Waals surface area contributed by atoms with E-state index in [9.17, 15) is 13.2 Å². The third-order valence-electron chi connectivity index (χ3n) is 4.62. The number of benzene rings is 1. The number of aliphatic imine (C=N–C) groups is 1. The number of carbonyl (C=O) groups is 1. The first-order valence-electron chi connectivity index (χ1n) is 9.71. The lowest BCUT2D eigenvalue weighted by atomic mass is 9.91. The van der Waals surface area contributed by atoms with Gasteiger partial charge in [-0.1, -0.05) is 25.1 Å². The second-order valence-electron chi connectivity index (χ2n) is 6.79. The Morgan fingerprint density at radius 1 is 1.29 bits per heavy atom. The van der Waals surface area contributed by atoms with Gasteiger partial charge in [0.15, 0.2) is 5.96 Å². The van der Waals surface area contributed by atoms with Gasteiger partial charge in [0.1, 0.15) is 0 Å². The Hall–Kier alpha value is -2.13. The molecule has 0 bridgehead atoms. The van der Waals surface area contributed by atoms with Gasteiger partial charge in [-0.15, -0.1) is 0 Å². The second-order valence-corrected chi connectivity index (χ2v) is 8.77. The van der Waals surface area contributed by atoms with Crippen molar-refractivity contribution in [1.29, 1.82) is 0 Å². The summed E-state index contributed by atoms with van der Waals surface area (Å²) < 4.78 is 24.7. The van der Waals surface area contributed by atoms with E-state index in [-0.39, 0.29) is 11.8 Å². The van der Waals surface area contributed by atoms with Crippen LogP contribution in [0, 0.1) is 0 Å². The Labute approximate surface area is 167 Å². The van der Waals surface area contributed by atoms with Crippen molar-refractivity contribution in [1.82, 2.24) is 14.9 Å². The van der Waals surface area contributed by atoms with Crippen molar-refractivity contribution in [2.24, 2.45) is 4.99 Å². The van der Waals surface area contributed by atoms with E-state index in [0.717, 1.165) is 17.8 Å². The Morgan fingerprint density at radius 3 is 2.71 bits per heavy atom. The number of hydrogen-bond donors (Lipinski definition) is 3. The minimum absolute atomic E-state index is 0.0114. The molecule has 156 valence electrons. The van der Waals surface area contributed by atoms with Crippen molar-refractivity contribution >= 4 is 27.6 Å². The summed E-state index contributed by atoms with van der Waals surface area (Å²) in [4.78, 5) is 16.6. The van der Waals surface area contributed by atoms with Crippen molar-refractivity contribution in [3.05, 3.63) is 29.8 Å². The summed E-state index contributed by atoms with van der Waals surface area (Å²) in [5.74, 6) is 0.729. The smallest absolute Gasteiger partial charge is 0.225 e. The monoisotopic (exact) mass is 409 g/mol. The lowest BCUT2D eigenvalue weighted by Crippen LogP contribution is -2.39. The third-order valence-corrected chi connectivity index (χ3v) is 6.00. The van der Waals surface area contributed by atoms with Gasteiger partial charge in [-0.3, -0.25) is 9.79 Å². The zero-order chi connectivity index (χ0) is 20.6. The number of hydrogen-bond acceptors (Lipinski definition) is 4. The van der Waals surface area contributed by atoms with Gasteiger partial charge in [-0.25, -0.2) is 12.7 Å². The molecule has 1 aliphatic rings. The Bertz CT molecular complexity index is 795. The van der Waals surface area contributed by atoms with Gasteiger partial charge in [-0.2, -0.15) is 0 Å². The zero-order valence-electron chi connectivity index (χ0n) is 16.9. The molecule has 0 radical (unpaired) electrons. The maximum absolute atomic E-state index is 11.9. The van der Waals surface area contributed by atoms with Crippen LogP contribution in [0.25, 0.3) is 0 Å². The molecular weight excluding hydrogens is 378 g/mol. The molecule has 1 amide bonds. The fourth-order valence-corrected chi connectivity index (χ4v) is 4.16. The normalized spacial score (nSPS) is 17.2. The van der Waals surface area contributed by atoms with E-state index < -0.39 is 10.0 Å². The van der Waals surface area contributed by atoms with Crippen LogP contribution < -0.4 is 16.0 Å². The van der Waals surface area contributed by atoms with Gasteiger partial charge in [-0.05, 0) is 25.0 Å². The molecule has 0 fully saturated rings.